The molecule has 0 saturated heterocycles. The van der Waals surface area contributed by atoms with Gasteiger partial charge in [0.25, 0.3) is 0 Å². The second-order valence-electron chi connectivity index (χ2n) is 6.91. The van der Waals surface area contributed by atoms with Gasteiger partial charge in [0.1, 0.15) is 26.6 Å². The molecule has 0 aliphatic rings. The van der Waals surface area contributed by atoms with Crippen LogP contribution in [0.4, 0.5) is 0 Å². The number of carbonyl (C=O) groups is 1. The lowest BCUT2D eigenvalue weighted by molar-refractivity contribution is 0.0515. The Bertz CT molecular complexity index is 1290. The Hall–Kier alpha value is -3.08. The molecule has 0 amide bonds. The van der Waals surface area contributed by atoms with E-state index in [1.165, 1.54) is 23.1 Å². The predicted octanol–water partition coefficient (Wildman–Crippen LogP) is 5.45. The van der Waals surface area contributed by atoms with Crippen molar-refractivity contribution in [3.05, 3.63) is 64.1 Å². The van der Waals surface area contributed by atoms with Gasteiger partial charge in [-0.1, -0.05) is 28.9 Å². The Labute approximate surface area is 209 Å². The number of benzene rings is 2. The van der Waals surface area contributed by atoms with E-state index in [1.807, 2.05) is 41.8 Å². The molecule has 0 spiro atoms. The summed E-state index contributed by atoms with van der Waals surface area (Å²) in [6.45, 7) is 2.41. The van der Waals surface area contributed by atoms with E-state index in [9.17, 15) is 4.79 Å². The smallest absolute Gasteiger partial charge is 0.361 e. The molecule has 0 bridgehead atoms. The third kappa shape index (κ3) is 5.35. The monoisotopic (exact) mass is 516 g/mol. The molecule has 4 rings (SSSR count). The van der Waals surface area contributed by atoms with E-state index in [0.29, 0.717) is 27.4 Å². The second-order valence-corrected chi connectivity index (χ2v) is 9.19. The van der Waals surface area contributed by atoms with Crippen LogP contribution in [-0.4, -0.2) is 46.8 Å². The summed E-state index contributed by atoms with van der Waals surface area (Å²) < 4.78 is 17.3. The lowest BCUT2D eigenvalue weighted by Crippen LogP contribution is -2.08. The van der Waals surface area contributed by atoms with Crippen molar-refractivity contribution >= 4 is 40.7 Å². The van der Waals surface area contributed by atoms with Gasteiger partial charge in [-0.05, 0) is 54.6 Å². The first-order chi connectivity index (χ1) is 16.5. The molecular weight excluding hydrogens is 496 g/mol. The van der Waals surface area contributed by atoms with E-state index in [4.69, 9.17) is 30.8 Å². The van der Waals surface area contributed by atoms with Crippen LogP contribution < -0.4 is 9.47 Å². The summed E-state index contributed by atoms with van der Waals surface area (Å²) in [5.41, 5.74) is 2.01. The first-order valence-corrected chi connectivity index (χ1v) is 12.3. The number of hydrogen-bond acceptors (Lipinski definition) is 9. The number of ether oxygens (including phenoxy) is 3. The highest BCUT2D eigenvalue weighted by molar-refractivity contribution is 7.99. The van der Waals surface area contributed by atoms with Crippen molar-refractivity contribution in [2.24, 2.45) is 0 Å². The van der Waals surface area contributed by atoms with Crippen LogP contribution in [0.3, 0.4) is 0 Å². The maximum atomic E-state index is 12.5. The largest absolute Gasteiger partial charge is 0.497 e. The standard InChI is InChI=1S/C23H21ClN4O4S2/c1-4-32-23(29)20-22(28(27-26-20)12-14-5-8-16(30-2)9-6-14)34-19-13-33-21(25-19)15-7-10-18(31-3)17(24)11-15/h5-11,13H,4,12H2,1-3H3. The summed E-state index contributed by atoms with van der Waals surface area (Å²) in [5, 5.41) is 12.8. The molecule has 34 heavy (non-hydrogen) atoms. The fraction of sp³-hybridized carbons (Fsp3) is 0.217. The second kappa shape index (κ2) is 10.9. The molecule has 0 aliphatic heterocycles. The minimum Gasteiger partial charge on any atom is -0.497 e. The molecule has 0 aliphatic carbocycles. The van der Waals surface area contributed by atoms with Gasteiger partial charge in [0.15, 0.2) is 0 Å². The maximum Gasteiger partial charge on any atom is 0.361 e. The van der Waals surface area contributed by atoms with Crippen LogP contribution in [0.15, 0.2) is 57.9 Å². The van der Waals surface area contributed by atoms with E-state index < -0.39 is 5.97 Å². The van der Waals surface area contributed by atoms with Crippen molar-refractivity contribution < 1.29 is 19.0 Å². The van der Waals surface area contributed by atoms with Gasteiger partial charge in [-0.15, -0.1) is 16.4 Å². The molecule has 0 saturated carbocycles. The van der Waals surface area contributed by atoms with Gasteiger partial charge in [-0.2, -0.15) is 0 Å². The summed E-state index contributed by atoms with van der Waals surface area (Å²) in [6.07, 6.45) is 0. The maximum absolute atomic E-state index is 12.5. The van der Waals surface area contributed by atoms with Crippen molar-refractivity contribution in [3.8, 4) is 22.1 Å². The van der Waals surface area contributed by atoms with Crippen molar-refractivity contribution in [1.82, 2.24) is 20.0 Å². The Morgan fingerprint density at radius 1 is 1.15 bits per heavy atom. The molecule has 0 fully saturated rings. The van der Waals surface area contributed by atoms with Gasteiger partial charge in [-0.3, -0.25) is 0 Å². The molecule has 0 radical (unpaired) electrons. The number of methoxy groups -OCH3 is 2. The lowest BCUT2D eigenvalue weighted by Gasteiger charge is -2.07. The first-order valence-electron chi connectivity index (χ1n) is 10.2. The average Bonchev–Trinajstić information content (AvgIpc) is 3.47. The van der Waals surface area contributed by atoms with Crippen molar-refractivity contribution in [2.45, 2.75) is 23.5 Å². The average molecular weight is 517 g/mol. The summed E-state index contributed by atoms with van der Waals surface area (Å²) in [6, 6.07) is 13.1. The van der Waals surface area contributed by atoms with E-state index in [-0.39, 0.29) is 12.3 Å². The molecule has 0 atom stereocenters. The highest BCUT2D eigenvalue weighted by Crippen LogP contribution is 2.36. The number of nitrogens with zero attached hydrogens (tertiary/aromatic N) is 4. The van der Waals surface area contributed by atoms with E-state index in [0.717, 1.165) is 21.9 Å². The van der Waals surface area contributed by atoms with Crippen LogP contribution in [0.1, 0.15) is 23.0 Å². The van der Waals surface area contributed by atoms with Crippen LogP contribution in [0.25, 0.3) is 10.6 Å². The molecule has 0 N–H and O–H groups in total. The molecular formula is C23H21ClN4O4S2. The fourth-order valence-corrected chi connectivity index (χ4v) is 5.17. The third-order valence-corrected chi connectivity index (χ3v) is 7.08. The number of rotatable bonds is 9. The Morgan fingerprint density at radius 3 is 2.62 bits per heavy atom. The molecule has 8 nitrogen and oxygen atoms in total. The van der Waals surface area contributed by atoms with Crippen LogP contribution in [0.5, 0.6) is 11.5 Å². The van der Waals surface area contributed by atoms with Crippen molar-refractivity contribution in [3.63, 3.8) is 0 Å². The minimum atomic E-state index is -0.525. The summed E-state index contributed by atoms with van der Waals surface area (Å²) in [5.74, 6) is 0.838. The number of halogens is 1. The zero-order valence-electron chi connectivity index (χ0n) is 18.6. The van der Waals surface area contributed by atoms with Gasteiger partial charge in [0, 0.05) is 10.9 Å². The molecule has 4 aromatic rings. The van der Waals surface area contributed by atoms with Gasteiger partial charge < -0.3 is 14.2 Å². The predicted molar refractivity (Wildman–Crippen MR) is 131 cm³/mol. The van der Waals surface area contributed by atoms with Gasteiger partial charge in [0.05, 0.1) is 32.4 Å². The Kier molecular flexibility index (Phi) is 7.71. The minimum absolute atomic E-state index is 0.155. The Balaban J connectivity index is 1.62. The van der Waals surface area contributed by atoms with Crippen LogP contribution in [0.2, 0.25) is 5.02 Å². The Morgan fingerprint density at radius 2 is 1.94 bits per heavy atom. The highest BCUT2D eigenvalue weighted by atomic mass is 35.5. The zero-order chi connectivity index (χ0) is 24.1. The first kappa shape index (κ1) is 24.1. The number of esters is 1. The van der Waals surface area contributed by atoms with Crippen LogP contribution in [0, 0.1) is 0 Å². The van der Waals surface area contributed by atoms with E-state index in [1.54, 1.807) is 31.9 Å². The topological polar surface area (TPSA) is 88.4 Å². The third-order valence-electron chi connectivity index (χ3n) is 4.73. The van der Waals surface area contributed by atoms with Crippen molar-refractivity contribution in [2.75, 3.05) is 20.8 Å². The molecule has 176 valence electrons. The van der Waals surface area contributed by atoms with Gasteiger partial charge in [-0.25, -0.2) is 14.5 Å². The quantitative estimate of drug-likeness (QED) is 0.271. The van der Waals surface area contributed by atoms with E-state index in [2.05, 4.69) is 10.3 Å². The van der Waals surface area contributed by atoms with E-state index >= 15 is 0 Å². The lowest BCUT2D eigenvalue weighted by atomic mass is 10.2. The molecule has 0 unspecified atom stereocenters. The van der Waals surface area contributed by atoms with Crippen LogP contribution in [-0.2, 0) is 11.3 Å². The van der Waals surface area contributed by atoms with Gasteiger partial charge >= 0.3 is 5.97 Å². The number of thiazole rings is 1. The number of aromatic nitrogens is 4. The SMILES string of the molecule is CCOC(=O)c1nnn(Cc2ccc(OC)cc2)c1Sc1csc(-c2ccc(OC)c(Cl)c2)n1. The summed E-state index contributed by atoms with van der Waals surface area (Å²) in [4.78, 5) is 17.2. The normalized spacial score (nSPS) is 10.8. The zero-order valence-corrected chi connectivity index (χ0v) is 21.0. The molecule has 2 heterocycles. The molecule has 11 heteroatoms. The number of carbonyl (C=O) groups excluding carboxylic acids is 1. The summed E-state index contributed by atoms with van der Waals surface area (Å²) in [7, 11) is 3.19. The highest BCUT2D eigenvalue weighted by Gasteiger charge is 2.23. The summed E-state index contributed by atoms with van der Waals surface area (Å²) >= 11 is 9.05. The fourth-order valence-electron chi connectivity index (χ4n) is 3.08. The number of hydrogen-bond donors (Lipinski definition) is 0. The molecule has 2 aromatic carbocycles. The van der Waals surface area contributed by atoms with Crippen molar-refractivity contribution in [1.29, 1.82) is 0 Å². The molecule has 2 aromatic heterocycles. The van der Waals surface area contributed by atoms with Crippen LogP contribution >= 0.6 is 34.7 Å². The van der Waals surface area contributed by atoms with Gasteiger partial charge in [0.2, 0.25) is 5.69 Å².